The first kappa shape index (κ1) is 22.2. The van der Waals surface area contributed by atoms with Gasteiger partial charge in [0.15, 0.2) is 12.4 Å². The molecule has 7 heteroatoms. The summed E-state index contributed by atoms with van der Waals surface area (Å²) in [5.74, 6) is -3.28. The van der Waals surface area contributed by atoms with Gasteiger partial charge in [0.2, 0.25) is 0 Å². The second-order valence-electron chi connectivity index (χ2n) is 6.51. The number of esters is 1. The quantitative estimate of drug-likeness (QED) is 0.372. The second kappa shape index (κ2) is 11.0. The van der Waals surface area contributed by atoms with Crippen LogP contribution in [-0.2, 0) is 16.0 Å². The van der Waals surface area contributed by atoms with E-state index in [0.29, 0.717) is 11.6 Å². The van der Waals surface area contributed by atoms with Crippen molar-refractivity contribution in [3.05, 3.63) is 70.8 Å². The van der Waals surface area contributed by atoms with Gasteiger partial charge in [0.25, 0.3) is 5.91 Å². The summed E-state index contributed by atoms with van der Waals surface area (Å²) in [6.45, 7) is 1.84. The van der Waals surface area contributed by atoms with Crippen molar-refractivity contribution >= 4 is 17.7 Å². The minimum absolute atomic E-state index is 0.00506. The summed E-state index contributed by atoms with van der Waals surface area (Å²) in [6.07, 6.45) is 2.21. The smallest absolute Gasteiger partial charge is 0.306 e. The molecule has 0 aliphatic heterocycles. The molecule has 1 N–H and O–H groups in total. The predicted molar refractivity (Wildman–Crippen MR) is 104 cm³/mol. The van der Waals surface area contributed by atoms with Gasteiger partial charge in [-0.2, -0.15) is 0 Å². The van der Waals surface area contributed by atoms with Crippen molar-refractivity contribution < 1.29 is 27.9 Å². The molecule has 0 fully saturated rings. The van der Waals surface area contributed by atoms with Crippen LogP contribution in [0.1, 0.15) is 52.5 Å². The third kappa shape index (κ3) is 7.10. The Kier molecular flexibility index (Phi) is 8.45. The molecule has 0 aliphatic rings. The lowest BCUT2D eigenvalue weighted by Gasteiger charge is -2.07. The number of ether oxygens (including phenoxy) is 1. The highest BCUT2D eigenvalue weighted by Crippen LogP contribution is 2.10. The van der Waals surface area contributed by atoms with E-state index in [0.717, 1.165) is 30.5 Å². The molecule has 154 valence electrons. The summed E-state index contributed by atoms with van der Waals surface area (Å²) in [4.78, 5) is 35.6. The van der Waals surface area contributed by atoms with Gasteiger partial charge < -0.3 is 10.1 Å². The molecule has 0 atom stereocenters. The molecule has 0 bridgehead atoms. The van der Waals surface area contributed by atoms with Gasteiger partial charge >= 0.3 is 5.97 Å². The summed E-state index contributed by atoms with van der Waals surface area (Å²) in [7, 11) is 0. The molecule has 0 unspecified atom stereocenters. The summed E-state index contributed by atoms with van der Waals surface area (Å²) < 4.78 is 31.3. The zero-order chi connectivity index (χ0) is 21.2. The highest BCUT2D eigenvalue weighted by Gasteiger charge is 2.13. The minimum Gasteiger partial charge on any atom is -0.457 e. The van der Waals surface area contributed by atoms with E-state index in [9.17, 15) is 23.2 Å². The molecular weight excluding hydrogens is 380 g/mol. The Morgan fingerprint density at radius 2 is 1.76 bits per heavy atom. The second-order valence-corrected chi connectivity index (χ2v) is 6.51. The molecule has 2 rings (SSSR count). The monoisotopic (exact) mass is 403 g/mol. The highest BCUT2D eigenvalue weighted by molar-refractivity contribution is 5.98. The molecule has 29 heavy (non-hydrogen) atoms. The molecule has 0 aliphatic carbocycles. The molecule has 5 nitrogen and oxygen atoms in total. The number of hydrogen-bond donors (Lipinski definition) is 1. The van der Waals surface area contributed by atoms with E-state index < -0.39 is 23.5 Å². The molecule has 0 spiro atoms. The SMILES string of the molecule is CCCc1ccc(C(=O)COC(=O)CCCNC(=O)c2ccc(F)cc2F)cc1. The number of hydrogen-bond acceptors (Lipinski definition) is 4. The fourth-order valence-corrected chi connectivity index (χ4v) is 2.65. The Bertz CT molecular complexity index is 866. The number of nitrogens with one attached hydrogen (secondary N) is 1. The lowest BCUT2D eigenvalue weighted by atomic mass is 10.1. The number of halogens is 2. The third-order valence-electron chi connectivity index (χ3n) is 4.20. The topological polar surface area (TPSA) is 72.5 Å². The van der Waals surface area contributed by atoms with Gasteiger partial charge in [0.1, 0.15) is 11.6 Å². The van der Waals surface area contributed by atoms with Crippen LogP contribution in [0.4, 0.5) is 8.78 Å². The number of Topliss-reactive ketones (excluding diaryl/α,β-unsaturated/α-hetero) is 1. The summed E-state index contributed by atoms with van der Waals surface area (Å²) in [6, 6.07) is 9.85. The van der Waals surface area contributed by atoms with Gasteiger partial charge in [-0.25, -0.2) is 8.78 Å². The van der Waals surface area contributed by atoms with Crippen LogP contribution in [0.5, 0.6) is 0 Å². The normalized spacial score (nSPS) is 10.4. The van der Waals surface area contributed by atoms with Gasteiger partial charge in [-0.1, -0.05) is 37.6 Å². The standard InChI is InChI=1S/C22H23F2NO4/c1-2-4-15-6-8-16(9-7-15)20(26)14-29-21(27)5-3-12-25-22(28)18-11-10-17(23)13-19(18)24/h6-11,13H,2-5,12,14H2,1H3,(H,25,28). The van der Waals surface area contributed by atoms with E-state index >= 15 is 0 Å². The molecule has 2 aromatic rings. The van der Waals surface area contributed by atoms with E-state index in [1.165, 1.54) is 0 Å². The molecule has 0 radical (unpaired) electrons. The van der Waals surface area contributed by atoms with E-state index in [1.807, 2.05) is 12.1 Å². The van der Waals surface area contributed by atoms with E-state index in [1.54, 1.807) is 12.1 Å². The fraction of sp³-hybridized carbons (Fsp3) is 0.318. The molecule has 1 amide bonds. The number of benzene rings is 2. The average Bonchev–Trinajstić information content (AvgIpc) is 2.70. The lowest BCUT2D eigenvalue weighted by Crippen LogP contribution is -2.26. The number of aryl methyl sites for hydroxylation is 1. The zero-order valence-corrected chi connectivity index (χ0v) is 16.2. The number of carbonyl (C=O) groups excluding carboxylic acids is 3. The van der Waals surface area contributed by atoms with Crippen LogP contribution in [0.25, 0.3) is 0 Å². The Hall–Kier alpha value is -3.09. The van der Waals surface area contributed by atoms with Crippen molar-refractivity contribution in [2.75, 3.05) is 13.2 Å². The lowest BCUT2D eigenvalue weighted by molar-refractivity contribution is -0.142. The van der Waals surface area contributed by atoms with Crippen molar-refractivity contribution in [2.24, 2.45) is 0 Å². The Morgan fingerprint density at radius 1 is 1.03 bits per heavy atom. The van der Waals surface area contributed by atoms with E-state index in [4.69, 9.17) is 4.74 Å². The van der Waals surface area contributed by atoms with Gasteiger partial charge in [0.05, 0.1) is 5.56 Å². The van der Waals surface area contributed by atoms with E-state index in [-0.39, 0.29) is 37.3 Å². The van der Waals surface area contributed by atoms with Crippen molar-refractivity contribution in [1.29, 1.82) is 0 Å². The van der Waals surface area contributed by atoms with Gasteiger partial charge in [-0.15, -0.1) is 0 Å². The molecular formula is C22H23F2NO4. The number of amides is 1. The molecule has 0 saturated carbocycles. The van der Waals surface area contributed by atoms with Crippen molar-refractivity contribution in [3.8, 4) is 0 Å². The van der Waals surface area contributed by atoms with Crippen LogP contribution in [0.2, 0.25) is 0 Å². The minimum atomic E-state index is -0.955. The maximum absolute atomic E-state index is 13.5. The Balaban J connectivity index is 1.67. The maximum Gasteiger partial charge on any atom is 0.306 e. The molecule has 0 aromatic heterocycles. The van der Waals surface area contributed by atoms with Gasteiger partial charge in [-0.3, -0.25) is 14.4 Å². The molecule has 0 saturated heterocycles. The largest absolute Gasteiger partial charge is 0.457 e. The van der Waals surface area contributed by atoms with Gasteiger partial charge in [0, 0.05) is 24.6 Å². The van der Waals surface area contributed by atoms with Crippen LogP contribution in [-0.4, -0.2) is 30.8 Å². The van der Waals surface area contributed by atoms with Crippen LogP contribution in [0, 0.1) is 11.6 Å². The third-order valence-corrected chi connectivity index (χ3v) is 4.20. The van der Waals surface area contributed by atoms with Crippen molar-refractivity contribution in [1.82, 2.24) is 5.32 Å². The van der Waals surface area contributed by atoms with Crippen LogP contribution < -0.4 is 5.32 Å². The van der Waals surface area contributed by atoms with Crippen LogP contribution in [0.3, 0.4) is 0 Å². The fourth-order valence-electron chi connectivity index (χ4n) is 2.65. The Morgan fingerprint density at radius 3 is 2.41 bits per heavy atom. The van der Waals surface area contributed by atoms with Crippen molar-refractivity contribution in [2.45, 2.75) is 32.6 Å². The first-order valence-corrected chi connectivity index (χ1v) is 9.41. The predicted octanol–water partition coefficient (Wildman–Crippen LogP) is 3.85. The molecule has 0 heterocycles. The summed E-state index contributed by atoms with van der Waals surface area (Å²) in [5, 5.41) is 2.44. The number of ketones is 1. The van der Waals surface area contributed by atoms with E-state index in [2.05, 4.69) is 12.2 Å². The first-order chi connectivity index (χ1) is 13.9. The number of carbonyl (C=O) groups is 3. The Labute approximate surface area is 168 Å². The summed E-state index contributed by atoms with van der Waals surface area (Å²) in [5.41, 5.74) is 1.35. The van der Waals surface area contributed by atoms with Gasteiger partial charge in [-0.05, 0) is 30.5 Å². The van der Waals surface area contributed by atoms with Crippen LogP contribution in [0.15, 0.2) is 42.5 Å². The van der Waals surface area contributed by atoms with Crippen LogP contribution >= 0.6 is 0 Å². The molecule has 2 aromatic carbocycles. The average molecular weight is 403 g/mol. The first-order valence-electron chi connectivity index (χ1n) is 9.41. The zero-order valence-electron chi connectivity index (χ0n) is 16.2. The maximum atomic E-state index is 13.5. The number of rotatable bonds is 10. The highest BCUT2D eigenvalue weighted by atomic mass is 19.1. The summed E-state index contributed by atoms with van der Waals surface area (Å²) >= 11 is 0. The van der Waals surface area contributed by atoms with Crippen molar-refractivity contribution in [3.63, 3.8) is 0 Å².